The largest absolute Gasteiger partial charge is 0.416 e. The minimum atomic E-state index is -4.94. The van der Waals surface area contributed by atoms with E-state index in [0.717, 1.165) is 16.6 Å². The van der Waals surface area contributed by atoms with Gasteiger partial charge in [0.25, 0.3) is 0 Å². The van der Waals surface area contributed by atoms with Gasteiger partial charge in [0.2, 0.25) is 5.91 Å². The van der Waals surface area contributed by atoms with Gasteiger partial charge in [0, 0.05) is 20.1 Å². The van der Waals surface area contributed by atoms with Crippen LogP contribution in [-0.2, 0) is 37.3 Å². The Morgan fingerprint density at radius 2 is 1.59 bits per heavy atom. The number of aryl methyl sites for hydroxylation is 1. The molecule has 1 aliphatic heterocycles. The van der Waals surface area contributed by atoms with Crippen molar-refractivity contribution < 1.29 is 31.1 Å². The molecule has 0 bridgehead atoms. The Labute approximate surface area is 222 Å². The van der Waals surface area contributed by atoms with Crippen molar-refractivity contribution in [3.8, 4) is 0 Å². The molecule has 12 heteroatoms. The van der Waals surface area contributed by atoms with Gasteiger partial charge < -0.3 is 5.32 Å². The summed E-state index contributed by atoms with van der Waals surface area (Å²) in [5, 5.41) is 10.8. The van der Waals surface area contributed by atoms with Gasteiger partial charge in [0.05, 0.1) is 22.1 Å². The number of nitrogens with one attached hydrogen (secondary N) is 1. The Hall–Kier alpha value is -3.15. The van der Waals surface area contributed by atoms with Crippen molar-refractivity contribution in [3.63, 3.8) is 0 Å². The van der Waals surface area contributed by atoms with E-state index in [1.54, 1.807) is 4.68 Å². The van der Waals surface area contributed by atoms with Crippen LogP contribution in [0.15, 0.2) is 36.4 Å². The van der Waals surface area contributed by atoms with Gasteiger partial charge >= 0.3 is 12.4 Å². The summed E-state index contributed by atoms with van der Waals surface area (Å²) in [6.45, 7) is 5.46. The topological polar surface area (TPSA) is 63.1 Å². The number of alkyl halides is 6. The predicted octanol–water partition coefficient (Wildman–Crippen LogP) is 5.95. The van der Waals surface area contributed by atoms with Crippen molar-refractivity contribution in [1.82, 2.24) is 25.2 Å². The minimum absolute atomic E-state index is 0.0867. The van der Waals surface area contributed by atoms with E-state index < -0.39 is 35.4 Å². The number of carbonyl (C=O) groups is 1. The molecule has 212 valence electrons. The van der Waals surface area contributed by atoms with Crippen LogP contribution in [-0.4, -0.2) is 38.9 Å². The Morgan fingerprint density at radius 1 is 0.974 bits per heavy atom. The first kappa shape index (κ1) is 28.8. The SMILES string of the molecule is CC(C)CC1(C(=O)NCc2cc(C(F)(F)F)cc(C(F)(F)F)c2)CCN(Cc2ccc3c(c2)nnn3C)CC1. The van der Waals surface area contributed by atoms with Gasteiger partial charge in [-0.2, -0.15) is 26.3 Å². The Morgan fingerprint density at radius 3 is 2.15 bits per heavy atom. The number of amides is 1. The standard InChI is InChI=1S/C27H31F6N5O/c1-17(2)14-25(6-8-38(9-7-25)16-18-4-5-23-22(12-18)35-36-37(23)3)24(39)34-15-19-10-20(26(28,29)30)13-21(11-19)27(31,32)33/h4-5,10-13,17H,6-9,14-16H2,1-3H3,(H,34,39). The number of carbonyl (C=O) groups excluding carboxylic acids is 1. The first-order chi connectivity index (χ1) is 18.2. The number of benzene rings is 2. The predicted molar refractivity (Wildman–Crippen MR) is 133 cm³/mol. The van der Waals surface area contributed by atoms with E-state index in [1.165, 1.54) is 0 Å². The summed E-state index contributed by atoms with van der Waals surface area (Å²) >= 11 is 0. The monoisotopic (exact) mass is 555 g/mol. The van der Waals surface area contributed by atoms with Crippen LogP contribution < -0.4 is 5.32 Å². The highest BCUT2D eigenvalue weighted by Gasteiger charge is 2.42. The summed E-state index contributed by atoms with van der Waals surface area (Å²) in [6.07, 6.45) is -8.26. The third-order valence-electron chi connectivity index (χ3n) is 7.28. The maximum absolute atomic E-state index is 13.4. The van der Waals surface area contributed by atoms with Gasteiger partial charge in [-0.15, -0.1) is 5.10 Å². The molecule has 2 aromatic carbocycles. The lowest BCUT2D eigenvalue weighted by molar-refractivity contribution is -0.143. The normalized spacial score (nSPS) is 16.7. The van der Waals surface area contributed by atoms with Gasteiger partial charge in [-0.1, -0.05) is 25.1 Å². The maximum atomic E-state index is 13.4. The number of likely N-dealkylation sites (tertiary alicyclic amines) is 1. The molecular weight excluding hydrogens is 524 g/mol. The molecule has 0 spiro atoms. The second-order valence-corrected chi connectivity index (χ2v) is 10.8. The van der Waals surface area contributed by atoms with Crippen molar-refractivity contribution >= 4 is 16.9 Å². The number of hydrogen-bond acceptors (Lipinski definition) is 4. The Kier molecular flexibility index (Phi) is 7.98. The molecule has 0 unspecified atom stereocenters. The van der Waals surface area contributed by atoms with E-state index in [1.807, 2.05) is 39.1 Å². The van der Waals surface area contributed by atoms with E-state index in [-0.39, 0.29) is 23.5 Å². The summed E-state index contributed by atoms with van der Waals surface area (Å²) in [4.78, 5) is 15.6. The van der Waals surface area contributed by atoms with E-state index in [2.05, 4.69) is 20.5 Å². The van der Waals surface area contributed by atoms with E-state index in [9.17, 15) is 31.1 Å². The molecule has 6 nitrogen and oxygen atoms in total. The van der Waals surface area contributed by atoms with Crippen molar-refractivity contribution in [2.45, 2.75) is 58.6 Å². The van der Waals surface area contributed by atoms with Gasteiger partial charge in [0.1, 0.15) is 5.52 Å². The zero-order valence-electron chi connectivity index (χ0n) is 22.0. The van der Waals surface area contributed by atoms with E-state index in [4.69, 9.17) is 0 Å². The molecule has 0 aliphatic carbocycles. The fraction of sp³-hybridized carbons (Fsp3) is 0.519. The van der Waals surface area contributed by atoms with E-state index >= 15 is 0 Å². The molecule has 1 fully saturated rings. The van der Waals surface area contributed by atoms with Crippen LogP contribution in [0.5, 0.6) is 0 Å². The van der Waals surface area contributed by atoms with Gasteiger partial charge in [0.15, 0.2) is 0 Å². The van der Waals surface area contributed by atoms with Crippen LogP contribution >= 0.6 is 0 Å². The average Bonchev–Trinajstić information content (AvgIpc) is 3.22. The van der Waals surface area contributed by atoms with Crippen molar-refractivity contribution in [1.29, 1.82) is 0 Å². The van der Waals surface area contributed by atoms with Crippen LogP contribution in [0.4, 0.5) is 26.3 Å². The number of fused-ring (bicyclic) bond motifs is 1. The molecule has 2 heterocycles. The molecule has 1 aromatic heterocycles. The second kappa shape index (κ2) is 10.8. The van der Waals surface area contributed by atoms with Gasteiger partial charge in [-0.3, -0.25) is 9.69 Å². The van der Waals surface area contributed by atoms with Crippen molar-refractivity contribution in [3.05, 3.63) is 58.7 Å². The number of rotatable bonds is 7. The zero-order chi connectivity index (χ0) is 28.6. The molecule has 1 aliphatic rings. The van der Waals surface area contributed by atoms with Gasteiger partial charge in [-0.05, 0) is 79.7 Å². The third kappa shape index (κ3) is 6.71. The molecule has 0 saturated carbocycles. The molecule has 0 radical (unpaired) electrons. The smallest absolute Gasteiger partial charge is 0.352 e. The molecule has 1 amide bonds. The lowest BCUT2D eigenvalue weighted by Crippen LogP contribution is -2.49. The lowest BCUT2D eigenvalue weighted by Gasteiger charge is -2.41. The molecule has 4 rings (SSSR count). The van der Waals surface area contributed by atoms with Crippen LogP contribution in [0.3, 0.4) is 0 Å². The minimum Gasteiger partial charge on any atom is -0.352 e. The molecule has 3 aromatic rings. The first-order valence-electron chi connectivity index (χ1n) is 12.7. The fourth-order valence-electron chi connectivity index (χ4n) is 5.38. The van der Waals surface area contributed by atoms with Crippen molar-refractivity contribution in [2.24, 2.45) is 18.4 Å². The maximum Gasteiger partial charge on any atom is 0.416 e. The Balaban J connectivity index is 1.45. The van der Waals surface area contributed by atoms with Crippen LogP contribution in [0.1, 0.15) is 55.4 Å². The zero-order valence-corrected chi connectivity index (χ0v) is 22.0. The summed E-state index contributed by atoms with van der Waals surface area (Å²) in [6, 6.07) is 7.35. The summed E-state index contributed by atoms with van der Waals surface area (Å²) in [5.74, 6) is -0.172. The first-order valence-corrected chi connectivity index (χ1v) is 12.7. The summed E-state index contributed by atoms with van der Waals surface area (Å²) < 4.78 is 81.1. The van der Waals surface area contributed by atoms with Crippen LogP contribution in [0, 0.1) is 11.3 Å². The third-order valence-corrected chi connectivity index (χ3v) is 7.28. The summed E-state index contributed by atoms with van der Waals surface area (Å²) in [7, 11) is 1.82. The highest BCUT2D eigenvalue weighted by atomic mass is 19.4. The Bertz CT molecular complexity index is 1290. The van der Waals surface area contributed by atoms with Crippen molar-refractivity contribution in [2.75, 3.05) is 13.1 Å². The number of nitrogens with zero attached hydrogens (tertiary/aromatic N) is 4. The summed E-state index contributed by atoms with van der Waals surface area (Å²) in [5.41, 5.74) is -1.01. The number of halogens is 6. The molecular formula is C27H31F6N5O. The molecule has 1 saturated heterocycles. The average molecular weight is 556 g/mol. The number of piperidine rings is 1. The fourth-order valence-corrected chi connectivity index (χ4v) is 5.38. The highest BCUT2D eigenvalue weighted by Crippen LogP contribution is 2.39. The molecule has 39 heavy (non-hydrogen) atoms. The molecule has 0 atom stereocenters. The lowest BCUT2D eigenvalue weighted by atomic mass is 9.71. The number of hydrogen-bond donors (Lipinski definition) is 1. The highest BCUT2D eigenvalue weighted by molar-refractivity contribution is 5.82. The van der Waals surface area contributed by atoms with Crippen LogP contribution in [0.2, 0.25) is 0 Å². The van der Waals surface area contributed by atoms with Crippen LogP contribution in [0.25, 0.3) is 11.0 Å². The second-order valence-electron chi connectivity index (χ2n) is 10.8. The number of aromatic nitrogens is 3. The quantitative estimate of drug-likeness (QED) is 0.366. The molecule has 1 N–H and O–H groups in total. The van der Waals surface area contributed by atoms with Gasteiger partial charge in [-0.25, -0.2) is 4.68 Å². The van der Waals surface area contributed by atoms with E-state index in [0.29, 0.717) is 51.0 Å².